The predicted octanol–water partition coefficient (Wildman–Crippen LogP) is 3.35. The molecular weight excluding hydrogens is 350 g/mol. The number of aromatic hydroxyl groups is 1. The van der Waals surface area contributed by atoms with Crippen LogP contribution in [0.15, 0.2) is 53.3 Å². The van der Waals surface area contributed by atoms with Crippen LogP contribution in [0, 0.1) is 0 Å². The summed E-state index contributed by atoms with van der Waals surface area (Å²) >= 11 is 6.18. The van der Waals surface area contributed by atoms with Gasteiger partial charge in [-0.1, -0.05) is 54.1 Å². The zero-order valence-electron chi connectivity index (χ0n) is 14.1. The largest absolute Gasteiger partial charge is 0.506 e. The van der Waals surface area contributed by atoms with E-state index in [4.69, 9.17) is 11.6 Å². The Bertz CT molecular complexity index is 1000. The van der Waals surface area contributed by atoms with Crippen molar-refractivity contribution in [2.45, 2.75) is 19.5 Å². The Balaban J connectivity index is 1.60. The molecule has 0 aliphatic carbocycles. The molecule has 0 saturated heterocycles. The Kier molecular flexibility index (Phi) is 4.49. The van der Waals surface area contributed by atoms with E-state index in [0.29, 0.717) is 35.9 Å². The van der Waals surface area contributed by atoms with Gasteiger partial charge in [-0.15, -0.1) is 0 Å². The maximum atomic E-state index is 12.6. The lowest BCUT2D eigenvalue weighted by atomic mass is 10.1. The minimum atomic E-state index is -0.0967. The van der Waals surface area contributed by atoms with Crippen molar-refractivity contribution in [2.24, 2.45) is 0 Å². The molecular formula is C20H18ClN3O2. The Hall–Kier alpha value is -2.63. The molecule has 0 saturated carbocycles. The minimum Gasteiger partial charge on any atom is -0.506 e. The van der Waals surface area contributed by atoms with E-state index in [1.165, 1.54) is 0 Å². The van der Waals surface area contributed by atoms with Crippen molar-refractivity contribution in [1.82, 2.24) is 14.9 Å². The molecule has 4 rings (SSSR count). The number of aromatic amines is 1. The van der Waals surface area contributed by atoms with Gasteiger partial charge in [-0.3, -0.25) is 9.69 Å². The molecule has 0 amide bonds. The summed E-state index contributed by atoms with van der Waals surface area (Å²) in [4.78, 5) is 22.3. The molecule has 2 N–H and O–H groups in total. The molecule has 2 aromatic carbocycles. The number of H-pyrrole nitrogens is 1. The number of nitrogens with one attached hydrogen (secondary N) is 1. The van der Waals surface area contributed by atoms with Crippen LogP contribution in [-0.4, -0.2) is 26.5 Å². The summed E-state index contributed by atoms with van der Waals surface area (Å²) in [5.41, 5.74) is 3.21. The van der Waals surface area contributed by atoms with E-state index in [2.05, 4.69) is 14.9 Å². The Morgan fingerprint density at radius 2 is 1.96 bits per heavy atom. The Labute approximate surface area is 155 Å². The van der Waals surface area contributed by atoms with Crippen LogP contribution in [0.3, 0.4) is 0 Å². The summed E-state index contributed by atoms with van der Waals surface area (Å²) < 4.78 is 0. The van der Waals surface area contributed by atoms with Crippen molar-refractivity contribution < 1.29 is 5.11 Å². The summed E-state index contributed by atoms with van der Waals surface area (Å²) in [6.07, 6.45) is 0.704. The highest BCUT2D eigenvalue weighted by Gasteiger charge is 2.22. The molecule has 3 aromatic rings. The first-order chi connectivity index (χ1) is 12.6. The van der Waals surface area contributed by atoms with E-state index in [1.54, 1.807) is 12.1 Å². The molecule has 1 aromatic heterocycles. The molecule has 1 aliphatic rings. The predicted molar refractivity (Wildman–Crippen MR) is 101 cm³/mol. The summed E-state index contributed by atoms with van der Waals surface area (Å²) in [6, 6.07) is 14.9. The zero-order chi connectivity index (χ0) is 18.1. The maximum Gasteiger partial charge on any atom is 0.255 e. The number of rotatable bonds is 3. The third kappa shape index (κ3) is 3.23. The van der Waals surface area contributed by atoms with Gasteiger partial charge in [-0.05, 0) is 11.6 Å². The monoisotopic (exact) mass is 367 g/mol. The fourth-order valence-corrected chi connectivity index (χ4v) is 3.46. The van der Waals surface area contributed by atoms with Crippen LogP contribution in [0.4, 0.5) is 0 Å². The first kappa shape index (κ1) is 16.8. The maximum absolute atomic E-state index is 12.6. The van der Waals surface area contributed by atoms with Gasteiger partial charge >= 0.3 is 0 Å². The van der Waals surface area contributed by atoms with Crippen LogP contribution in [-0.2, 0) is 19.5 Å². The van der Waals surface area contributed by atoms with Crippen molar-refractivity contribution >= 4 is 11.6 Å². The first-order valence-electron chi connectivity index (χ1n) is 8.48. The van der Waals surface area contributed by atoms with E-state index < -0.39 is 0 Å². The van der Waals surface area contributed by atoms with Gasteiger partial charge in [0.1, 0.15) is 11.6 Å². The smallest absolute Gasteiger partial charge is 0.255 e. The average Bonchev–Trinajstić information content (AvgIpc) is 2.66. The molecule has 1 aliphatic heterocycles. The number of aromatic nitrogens is 2. The molecule has 0 unspecified atom stereocenters. The number of phenols is 1. The fraction of sp³-hybridized carbons (Fsp3) is 0.200. The molecule has 0 radical (unpaired) electrons. The van der Waals surface area contributed by atoms with Crippen LogP contribution in [0.1, 0.15) is 16.8 Å². The second kappa shape index (κ2) is 6.94. The highest BCUT2D eigenvalue weighted by Crippen LogP contribution is 2.28. The van der Waals surface area contributed by atoms with Gasteiger partial charge in [0.2, 0.25) is 0 Å². The van der Waals surface area contributed by atoms with Crippen molar-refractivity contribution in [2.75, 3.05) is 6.54 Å². The lowest BCUT2D eigenvalue weighted by Crippen LogP contribution is -2.35. The minimum absolute atomic E-state index is 0.0774. The number of hydrogen-bond acceptors (Lipinski definition) is 4. The number of phenolic OH excluding ortho intramolecular Hbond substituents is 1. The normalized spacial score (nSPS) is 14.2. The summed E-state index contributed by atoms with van der Waals surface area (Å²) in [7, 11) is 0. The second-order valence-electron chi connectivity index (χ2n) is 6.42. The highest BCUT2D eigenvalue weighted by atomic mass is 35.5. The number of fused-ring (bicyclic) bond motifs is 1. The quantitative estimate of drug-likeness (QED) is 0.744. The molecule has 5 nitrogen and oxygen atoms in total. The third-order valence-corrected chi connectivity index (χ3v) is 5.08. The van der Waals surface area contributed by atoms with Crippen molar-refractivity contribution in [3.05, 3.63) is 80.7 Å². The van der Waals surface area contributed by atoms with Gasteiger partial charge in [0.25, 0.3) is 5.56 Å². The zero-order valence-corrected chi connectivity index (χ0v) is 14.8. The van der Waals surface area contributed by atoms with Gasteiger partial charge in [-0.2, -0.15) is 0 Å². The van der Waals surface area contributed by atoms with E-state index in [1.807, 2.05) is 36.4 Å². The van der Waals surface area contributed by atoms with Gasteiger partial charge in [-0.25, -0.2) is 4.98 Å². The summed E-state index contributed by atoms with van der Waals surface area (Å²) in [5, 5.41) is 10.1. The van der Waals surface area contributed by atoms with Gasteiger partial charge < -0.3 is 10.1 Å². The number of benzene rings is 2. The van der Waals surface area contributed by atoms with E-state index in [-0.39, 0.29) is 11.3 Å². The number of hydrogen-bond donors (Lipinski definition) is 2. The van der Waals surface area contributed by atoms with Crippen LogP contribution in [0.5, 0.6) is 5.75 Å². The topological polar surface area (TPSA) is 69.2 Å². The van der Waals surface area contributed by atoms with Gasteiger partial charge in [0.05, 0.1) is 16.3 Å². The molecule has 132 valence electrons. The molecule has 26 heavy (non-hydrogen) atoms. The first-order valence-corrected chi connectivity index (χ1v) is 8.86. The lowest BCUT2D eigenvalue weighted by Gasteiger charge is -2.28. The molecule has 2 heterocycles. The SMILES string of the molecule is O=c1[nH]c(-c2ccccc2)nc2c1CN(Cc1cccc(O)c1Cl)CC2. The number of nitrogens with zero attached hydrogens (tertiary/aromatic N) is 2. The molecule has 0 bridgehead atoms. The number of halogens is 1. The van der Waals surface area contributed by atoms with E-state index in [9.17, 15) is 9.90 Å². The van der Waals surface area contributed by atoms with Crippen molar-refractivity contribution in [1.29, 1.82) is 0 Å². The molecule has 0 spiro atoms. The van der Waals surface area contributed by atoms with Crippen molar-refractivity contribution in [3.8, 4) is 17.1 Å². The molecule has 0 atom stereocenters. The lowest BCUT2D eigenvalue weighted by molar-refractivity contribution is 0.241. The van der Waals surface area contributed by atoms with Crippen LogP contribution in [0.25, 0.3) is 11.4 Å². The molecule has 0 fully saturated rings. The van der Waals surface area contributed by atoms with E-state index >= 15 is 0 Å². The second-order valence-corrected chi connectivity index (χ2v) is 6.79. The van der Waals surface area contributed by atoms with Crippen LogP contribution >= 0.6 is 11.6 Å². The van der Waals surface area contributed by atoms with Crippen molar-refractivity contribution in [3.63, 3.8) is 0 Å². The summed E-state index contributed by atoms with van der Waals surface area (Å²) in [5.74, 6) is 0.687. The van der Waals surface area contributed by atoms with Gasteiger partial charge in [0.15, 0.2) is 0 Å². The average molecular weight is 368 g/mol. The standard InChI is InChI=1S/C20H18ClN3O2/c21-18-14(7-4-8-17(18)25)11-24-10-9-16-15(12-24)20(26)23-19(22-16)13-5-2-1-3-6-13/h1-8,25H,9-12H2,(H,22,23,26). The third-order valence-electron chi connectivity index (χ3n) is 4.65. The van der Waals surface area contributed by atoms with Crippen LogP contribution < -0.4 is 5.56 Å². The van der Waals surface area contributed by atoms with E-state index in [0.717, 1.165) is 23.4 Å². The molecule has 6 heteroatoms. The summed E-state index contributed by atoms with van der Waals surface area (Å²) in [6.45, 7) is 1.87. The fourth-order valence-electron chi connectivity index (χ4n) is 3.28. The van der Waals surface area contributed by atoms with Gasteiger partial charge in [0, 0.05) is 31.6 Å². The van der Waals surface area contributed by atoms with Crippen LogP contribution in [0.2, 0.25) is 5.02 Å². The Morgan fingerprint density at radius 3 is 2.77 bits per heavy atom. The highest BCUT2D eigenvalue weighted by molar-refractivity contribution is 6.32. The Morgan fingerprint density at radius 1 is 1.15 bits per heavy atom.